The third-order valence-electron chi connectivity index (χ3n) is 2.68. The van der Waals surface area contributed by atoms with Crippen LogP contribution in [0.4, 0.5) is 13.2 Å². The van der Waals surface area contributed by atoms with Gasteiger partial charge in [0.05, 0.1) is 16.3 Å². The highest BCUT2D eigenvalue weighted by atomic mass is 79.9. The standard InChI is InChI=1S/C12H7BrClF3N2O2S/c13-7-3-8(11(14)10(4-7)22(18,20)21)9-2-1-6(5-19-9)12(15,16)17/h1-5H,(H2,18,20,21). The Morgan fingerprint density at radius 1 is 1.23 bits per heavy atom. The minimum absolute atomic E-state index is 0.0872. The maximum absolute atomic E-state index is 12.5. The van der Waals surface area contributed by atoms with E-state index in [1.54, 1.807) is 0 Å². The van der Waals surface area contributed by atoms with Gasteiger partial charge in [-0.05, 0) is 24.3 Å². The van der Waals surface area contributed by atoms with E-state index in [0.717, 1.165) is 12.1 Å². The van der Waals surface area contributed by atoms with Crippen molar-refractivity contribution in [1.82, 2.24) is 4.98 Å². The fourth-order valence-electron chi connectivity index (χ4n) is 1.68. The molecular weight excluding hydrogens is 409 g/mol. The van der Waals surface area contributed by atoms with E-state index in [4.69, 9.17) is 16.7 Å². The molecule has 0 radical (unpaired) electrons. The molecule has 0 atom stereocenters. The lowest BCUT2D eigenvalue weighted by Gasteiger charge is -2.10. The molecule has 0 aliphatic heterocycles. The number of rotatable bonds is 2. The maximum atomic E-state index is 12.5. The maximum Gasteiger partial charge on any atom is 0.417 e. The molecule has 1 aromatic carbocycles. The second kappa shape index (κ2) is 5.80. The molecule has 118 valence electrons. The Labute approximate surface area is 137 Å². The molecule has 0 amide bonds. The predicted octanol–water partition coefficient (Wildman–Crippen LogP) is 3.83. The fraction of sp³-hybridized carbons (Fsp3) is 0.0833. The molecule has 2 aromatic rings. The second-order valence-corrected chi connectivity index (χ2v) is 7.06. The van der Waals surface area contributed by atoms with Crippen LogP contribution >= 0.6 is 27.5 Å². The minimum atomic E-state index is -4.52. The Balaban J connectivity index is 2.61. The lowest BCUT2D eigenvalue weighted by atomic mass is 10.1. The lowest BCUT2D eigenvalue weighted by Crippen LogP contribution is -2.13. The summed E-state index contributed by atoms with van der Waals surface area (Å²) in [5, 5.41) is 4.84. The van der Waals surface area contributed by atoms with Crippen LogP contribution in [-0.2, 0) is 16.2 Å². The van der Waals surface area contributed by atoms with Gasteiger partial charge >= 0.3 is 6.18 Å². The lowest BCUT2D eigenvalue weighted by molar-refractivity contribution is -0.137. The highest BCUT2D eigenvalue weighted by Crippen LogP contribution is 2.36. The zero-order valence-corrected chi connectivity index (χ0v) is 13.7. The molecule has 0 aliphatic carbocycles. The van der Waals surface area contributed by atoms with Gasteiger partial charge < -0.3 is 0 Å². The zero-order chi connectivity index (χ0) is 16.7. The van der Waals surface area contributed by atoms with Crippen LogP contribution in [0.5, 0.6) is 0 Å². The van der Waals surface area contributed by atoms with Crippen LogP contribution in [0.25, 0.3) is 11.3 Å². The molecule has 2 rings (SSSR count). The van der Waals surface area contributed by atoms with Gasteiger partial charge in [0.1, 0.15) is 4.90 Å². The number of sulfonamides is 1. The number of primary sulfonamides is 1. The Kier molecular flexibility index (Phi) is 4.54. The molecule has 0 aliphatic rings. The van der Waals surface area contributed by atoms with Gasteiger partial charge in [0, 0.05) is 16.2 Å². The average Bonchev–Trinajstić information content (AvgIpc) is 2.39. The minimum Gasteiger partial charge on any atom is -0.256 e. The number of nitrogens with zero attached hydrogens (tertiary/aromatic N) is 1. The molecule has 0 spiro atoms. The van der Waals surface area contributed by atoms with Crippen LogP contribution < -0.4 is 5.14 Å². The van der Waals surface area contributed by atoms with Gasteiger partial charge in [0.25, 0.3) is 0 Å². The van der Waals surface area contributed by atoms with Crippen LogP contribution in [0.15, 0.2) is 39.8 Å². The number of nitrogens with two attached hydrogens (primary N) is 1. The van der Waals surface area contributed by atoms with Gasteiger partial charge in [-0.3, -0.25) is 4.98 Å². The molecule has 0 bridgehead atoms. The van der Waals surface area contributed by atoms with E-state index in [0.29, 0.717) is 10.7 Å². The number of halogens is 5. The van der Waals surface area contributed by atoms with Crippen molar-refractivity contribution in [1.29, 1.82) is 0 Å². The molecular formula is C12H7BrClF3N2O2S. The molecule has 2 N–H and O–H groups in total. The molecule has 10 heteroatoms. The number of pyridine rings is 1. The third-order valence-corrected chi connectivity index (χ3v) is 4.59. The highest BCUT2D eigenvalue weighted by molar-refractivity contribution is 9.10. The molecule has 22 heavy (non-hydrogen) atoms. The molecule has 1 heterocycles. The Morgan fingerprint density at radius 3 is 2.32 bits per heavy atom. The van der Waals surface area contributed by atoms with Crippen molar-refractivity contribution >= 4 is 37.6 Å². The second-order valence-electron chi connectivity index (χ2n) is 4.24. The third kappa shape index (κ3) is 3.60. The highest BCUT2D eigenvalue weighted by Gasteiger charge is 2.31. The molecule has 4 nitrogen and oxygen atoms in total. The molecule has 0 fully saturated rings. The van der Waals surface area contributed by atoms with Gasteiger partial charge in [-0.2, -0.15) is 13.2 Å². The first-order valence-corrected chi connectivity index (χ1v) is 8.27. The van der Waals surface area contributed by atoms with Crippen LogP contribution in [0, 0.1) is 0 Å². The summed E-state index contributed by atoms with van der Waals surface area (Å²) in [5.41, 5.74) is -0.688. The van der Waals surface area contributed by atoms with E-state index in [2.05, 4.69) is 20.9 Å². The topological polar surface area (TPSA) is 73.1 Å². The first kappa shape index (κ1) is 17.2. The quantitative estimate of drug-likeness (QED) is 0.810. The molecule has 1 aromatic heterocycles. The number of hydrogen-bond acceptors (Lipinski definition) is 3. The van der Waals surface area contributed by atoms with Crippen molar-refractivity contribution in [2.75, 3.05) is 0 Å². The Morgan fingerprint density at radius 2 is 1.86 bits per heavy atom. The van der Waals surface area contributed by atoms with Crippen molar-refractivity contribution in [2.45, 2.75) is 11.1 Å². The summed E-state index contributed by atoms with van der Waals surface area (Å²) in [6, 6.07) is 4.57. The Hall–Kier alpha value is -1.16. The number of benzene rings is 1. The van der Waals surface area contributed by atoms with E-state index < -0.39 is 21.8 Å². The van der Waals surface area contributed by atoms with E-state index in [1.807, 2.05) is 0 Å². The summed E-state index contributed by atoms with van der Waals surface area (Å²) in [4.78, 5) is 3.33. The van der Waals surface area contributed by atoms with Crippen molar-refractivity contribution in [3.8, 4) is 11.3 Å². The molecule has 0 saturated carbocycles. The summed E-state index contributed by atoms with van der Waals surface area (Å²) in [7, 11) is -4.09. The van der Waals surface area contributed by atoms with Crippen molar-refractivity contribution in [3.05, 3.63) is 45.5 Å². The zero-order valence-electron chi connectivity index (χ0n) is 10.5. The normalized spacial score (nSPS) is 12.5. The van der Waals surface area contributed by atoms with Crippen LogP contribution in [0.3, 0.4) is 0 Å². The first-order valence-electron chi connectivity index (χ1n) is 5.55. The van der Waals surface area contributed by atoms with Gasteiger partial charge in [-0.15, -0.1) is 0 Å². The summed E-state index contributed by atoms with van der Waals surface area (Å²) in [5.74, 6) is 0. The smallest absolute Gasteiger partial charge is 0.256 e. The molecule has 0 unspecified atom stereocenters. The van der Waals surface area contributed by atoms with Crippen molar-refractivity contribution in [3.63, 3.8) is 0 Å². The van der Waals surface area contributed by atoms with Gasteiger partial charge in [0.15, 0.2) is 0 Å². The summed E-state index contributed by atoms with van der Waals surface area (Å²) >= 11 is 9.08. The average molecular weight is 416 g/mol. The largest absolute Gasteiger partial charge is 0.417 e. The van der Waals surface area contributed by atoms with E-state index >= 15 is 0 Å². The predicted molar refractivity (Wildman–Crippen MR) is 78.8 cm³/mol. The van der Waals surface area contributed by atoms with Crippen LogP contribution in [0.1, 0.15) is 5.56 Å². The van der Waals surface area contributed by atoms with Crippen molar-refractivity contribution < 1.29 is 21.6 Å². The summed E-state index contributed by atoms with van der Waals surface area (Å²) in [6.45, 7) is 0. The first-order chi connectivity index (χ1) is 10.00. The number of hydrogen-bond donors (Lipinski definition) is 1. The van der Waals surface area contributed by atoms with E-state index in [9.17, 15) is 21.6 Å². The van der Waals surface area contributed by atoms with Crippen molar-refractivity contribution in [2.24, 2.45) is 5.14 Å². The van der Waals surface area contributed by atoms with Crippen LogP contribution in [-0.4, -0.2) is 13.4 Å². The fourth-order valence-corrected chi connectivity index (χ4v) is 3.47. The van der Waals surface area contributed by atoms with Gasteiger partial charge in [0.2, 0.25) is 10.0 Å². The molecule has 0 saturated heterocycles. The SMILES string of the molecule is NS(=O)(=O)c1cc(Br)cc(-c2ccc(C(F)(F)F)cn2)c1Cl. The summed E-state index contributed by atoms with van der Waals surface area (Å²) in [6.07, 6.45) is -3.87. The van der Waals surface area contributed by atoms with E-state index in [-0.39, 0.29) is 21.2 Å². The van der Waals surface area contributed by atoms with Gasteiger partial charge in [-0.25, -0.2) is 13.6 Å². The Bertz CT molecular complexity index is 824. The number of alkyl halides is 3. The van der Waals surface area contributed by atoms with Gasteiger partial charge in [-0.1, -0.05) is 27.5 Å². The summed E-state index contributed by atoms with van der Waals surface area (Å²) < 4.78 is 60.9. The van der Waals surface area contributed by atoms with Crippen LogP contribution in [0.2, 0.25) is 5.02 Å². The number of aromatic nitrogens is 1. The van der Waals surface area contributed by atoms with E-state index in [1.165, 1.54) is 12.1 Å². The monoisotopic (exact) mass is 414 g/mol.